The van der Waals surface area contributed by atoms with Crippen molar-refractivity contribution in [1.29, 1.82) is 0 Å². The highest BCUT2D eigenvalue weighted by atomic mass is 16.6. The van der Waals surface area contributed by atoms with E-state index in [4.69, 9.17) is 14.2 Å². The molecule has 5 nitrogen and oxygen atoms in total. The zero-order chi connectivity index (χ0) is 46.3. The topological polar surface area (TPSA) is 61.8 Å². The van der Waals surface area contributed by atoms with Gasteiger partial charge in [0.2, 0.25) is 0 Å². The van der Waals surface area contributed by atoms with Crippen LogP contribution in [0.4, 0.5) is 0 Å². The molecule has 0 aliphatic carbocycles. The maximum Gasteiger partial charge on any atom is 0.306 e. The fraction of sp³-hybridized carbons (Fsp3) is 0.627. The third-order valence-corrected chi connectivity index (χ3v) is 10.5. The van der Waals surface area contributed by atoms with Crippen LogP contribution in [0.3, 0.4) is 0 Å². The molecular weight excluding hydrogens is 789 g/mol. The Kier molecular flexibility index (Phi) is 50.5. The quantitative estimate of drug-likeness (QED) is 0.0346. The van der Waals surface area contributed by atoms with Crippen LogP contribution < -0.4 is 0 Å². The number of hydrogen-bond donors (Lipinski definition) is 0. The van der Waals surface area contributed by atoms with Crippen LogP contribution in [0, 0.1) is 0 Å². The van der Waals surface area contributed by atoms with E-state index in [1.807, 2.05) is 0 Å². The number of carbonyl (C=O) groups excluding carboxylic acids is 2. The fourth-order valence-corrected chi connectivity index (χ4v) is 6.62. The molecule has 1 unspecified atom stereocenters. The van der Waals surface area contributed by atoms with Crippen LogP contribution in [-0.4, -0.2) is 37.9 Å². The summed E-state index contributed by atoms with van der Waals surface area (Å²) in [5, 5.41) is 0. The highest BCUT2D eigenvalue weighted by Gasteiger charge is 2.17. The van der Waals surface area contributed by atoms with Gasteiger partial charge in [0.15, 0.2) is 6.10 Å². The van der Waals surface area contributed by atoms with E-state index in [2.05, 4.69) is 142 Å². The van der Waals surface area contributed by atoms with Gasteiger partial charge in [0.1, 0.15) is 6.61 Å². The van der Waals surface area contributed by atoms with E-state index in [0.29, 0.717) is 19.4 Å². The first-order valence-corrected chi connectivity index (χ1v) is 26.1. The smallest absolute Gasteiger partial charge is 0.306 e. The van der Waals surface area contributed by atoms with E-state index in [1.165, 1.54) is 38.5 Å². The molecule has 5 heteroatoms. The van der Waals surface area contributed by atoms with E-state index in [0.717, 1.165) is 141 Å². The molecule has 0 aromatic rings. The zero-order valence-electron chi connectivity index (χ0n) is 41.5. The Morgan fingerprint density at radius 3 is 1.14 bits per heavy atom. The van der Waals surface area contributed by atoms with Crippen LogP contribution in [0.5, 0.6) is 0 Å². The van der Waals surface area contributed by atoms with E-state index in [-0.39, 0.29) is 25.2 Å². The van der Waals surface area contributed by atoms with Gasteiger partial charge in [-0.15, -0.1) is 0 Å². The van der Waals surface area contributed by atoms with Crippen molar-refractivity contribution in [1.82, 2.24) is 0 Å². The van der Waals surface area contributed by atoms with Crippen molar-refractivity contribution in [3.05, 3.63) is 122 Å². The second-order valence-electron chi connectivity index (χ2n) is 16.7. The lowest BCUT2D eigenvalue weighted by molar-refractivity contribution is -0.163. The maximum absolute atomic E-state index is 12.8. The molecule has 0 radical (unpaired) electrons. The predicted octanol–water partition coefficient (Wildman–Crippen LogP) is 17.8. The highest BCUT2D eigenvalue weighted by molar-refractivity contribution is 5.70. The van der Waals surface area contributed by atoms with Crippen LogP contribution in [-0.2, 0) is 23.8 Å². The first-order valence-electron chi connectivity index (χ1n) is 26.1. The number of carbonyl (C=O) groups is 2. The van der Waals surface area contributed by atoms with E-state index in [1.54, 1.807) is 0 Å². The Bertz CT molecular complexity index is 1320. The molecule has 362 valence electrons. The largest absolute Gasteiger partial charge is 0.462 e. The highest BCUT2D eigenvalue weighted by Crippen LogP contribution is 2.12. The van der Waals surface area contributed by atoms with Gasteiger partial charge in [-0.25, -0.2) is 0 Å². The molecule has 0 aliphatic heterocycles. The molecule has 0 amide bonds. The first-order chi connectivity index (χ1) is 31.6. The minimum absolute atomic E-state index is 0.0510. The molecule has 0 heterocycles. The molecule has 0 aliphatic rings. The molecule has 0 fully saturated rings. The predicted molar refractivity (Wildman–Crippen MR) is 279 cm³/mol. The van der Waals surface area contributed by atoms with Crippen LogP contribution in [0.25, 0.3) is 0 Å². The minimum Gasteiger partial charge on any atom is -0.462 e. The Morgan fingerprint density at radius 2 is 0.703 bits per heavy atom. The lowest BCUT2D eigenvalue weighted by atomic mass is 10.1. The van der Waals surface area contributed by atoms with Gasteiger partial charge in [0.25, 0.3) is 0 Å². The van der Waals surface area contributed by atoms with Gasteiger partial charge in [-0.1, -0.05) is 200 Å². The third-order valence-electron chi connectivity index (χ3n) is 10.5. The van der Waals surface area contributed by atoms with Crippen molar-refractivity contribution < 1.29 is 23.8 Å². The van der Waals surface area contributed by atoms with Crippen LogP contribution >= 0.6 is 0 Å². The zero-order valence-corrected chi connectivity index (χ0v) is 41.5. The van der Waals surface area contributed by atoms with E-state index < -0.39 is 6.10 Å². The van der Waals surface area contributed by atoms with Crippen molar-refractivity contribution in [2.45, 2.75) is 219 Å². The van der Waals surface area contributed by atoms with Crippen LogP contribution in [0.2, 0.25) is 0 Å². The Hall–Kier alpha value is -3.70. The molecule has 0 aromatic heterocycles. The number of esters is 2. The summed E-state index contributed by atoms with van der Waals surface area (Å²) in [5.41, 5.74) is 0. The van der Waals surface area contributed by atoms with Gasteiger partial charge in [0.05, 0.1) is 6.61 Å². The maximum atomic E-state index is 12.8. The van der Waals surface area contributed by atoms with E-state index in [9.17, 15) is 9.59 Å². The summed E-state index contributed by atoms with van der Waals surface area (Å²) < 4.78 is 17.3. The van der Waals surface area contributed by atoms with Gasteiger partial charge in [-0.3, -0.25) is 9.59 Å². The monoisotopic (exact) mass is 885 g/mol. The Balaban J connectivity index is 4.36. The molecule has 0 spiro atoms. The van der Waals surface area contributed by atoms with Crippen molar-refractivity contribution in [3.8, 4) is 0 Å². The molecule has 0 bridgehead atoms. The number of ether oxygens (including phenoxy) is 3. The second kappa shape index (κ2) is 53.6. The Morgan fingerprint density at radius 1 is 0.359 bits per heavy atom. The summed E-state index contributed by atoms with van der Waals surface area (Å²) in [7, 11) is 0. The number of unbranched alkanes of at least 4 members (excludes halogenated alkanes) is 15. The van der Waals surface area contributed by atoms with E-state index >= 15 is 0 Å². The van der Waals surface area contributed by atoms with Gasteiger partial charge in [-0.05, 0) is 122 Å². The van der Waals surface area contributed by atoms with Gasteiger partial charge >= 0.3 is 11.9 Å². The lowest BCUT2D eigenvalue weighted by Crippen LogP contribution is -2.30. The summed E-state index contributed by atoms with van der Waals surface area (Å²) in [4.78, 5) is 25.4. The molecule has 0 rings (SSSR count). The molecule has 0 N–H and O–H groups in total. The molecule has 0 saturated heterocycles. The number of rotatable bonds is 46. The second-order valence-corrected chi connectivity index (χ2v) is 16.7. The number of allylic oxidation sites excluding steroid dienone is 20. The lowest BCUT2D eigenvalue weighted by Gasteiger charge is -2.18. The average Bonchev–Trinajstić information content (AvgIpc) is 3.30. The molecule has 0 saturated carbocycles. The summed E-state index contributed by atoms with van der Waals surface area (Å²) >= 11 is 0. The van der Waals surface area contributed by atoms with Crippen molar-refractivity contribution >= 4 is 11.9 Å². The summed E-state index contributed by atoms with van der Waals surface area (Å²) in [6.07, 6.45) is 74.9. The molecular formula is C59H96O5. The van der Waals surface area contributed by atoms with Gasteiger partial charge < -0.3 is 14.2 Å². The van der Waals surface area contributed by atoms with Crippen molar-refractivity contribution in [3.63, 3.8) is 0 Å². The molecule has 64 heavy (non-hydrogen) atoms. The summed E-state index contributed by atoms with van der Waals surface area (Å²) in [5.74, 6) is -0.459. The Labute approximate surface area is 395 Å². The minimum atomic E-state index is -0.572. The molecule has 0 aromatic carbocycles. The first kappa shape index (κ1) is 60.3. The van der Waals surface area contributed by atoms with Crippen molar-refractivity contribution in [2.24, 2.45) is 0 Å². The van der Waals surface area contributed by atoms with Gasteiger partial charge in [0, 0.05) is 19.4 Å². The van der Waals surface area contributed by atoms with Gasteiger partial charge in [-0.2, -0.15) is 0 Å². The number of hydrogen-bond acceptors (Lipinski definition) is 5. The average molecular weight is 885 g/mol. The van der Waals surface area contributed by atoms with Crippen LogP contribution in [0.15, 0.2) is 122 Å². The summed E-state index contributed by atoms with van der Waals surface area (Å²) in [6, 6.07) is 0. The van der Waals surface area contributed by atoms with Crippen molar-refractivity contribution in [2.75, 3.05) is 19.8 Å². The molecule has 1 atom stereocenters. The SMILES string of the molecule is CC/C=C\C/C=C\C/C=C\C/C=C\C/C=C\CCCCCCOCC(COC(=O)CCCCCC/C=C\C/C=C\C/C=C\C/C=C\CC)OC(=O)CCCCCCC/C=C\CCCC. The van der Waals surface area contributed by atoms with Crippen LogP contribution in [0.1, 0.15) is 213 Å². The summed E-state index contributed by atoms with van der Waals surface area (Å²) in [6.45, 7) is 7.46. The fourth-order valence-electron chi connectivity index (χ4n) is 6.62. The third kappa shape index (κ3) is 50.9. The normalized spacial score (nSPS) is 13.2. The standard InChI is InChI=1S/C59H96O5/c1-4-7-10-13-16-19-22-24-26-28-29-30-32-34-36-39-42-45-48-51-54-62-55-57(64-59(61)53-50-47-44-41-37-21-18-15-12-9-6-3)56-63-58(60)52-49-46-43-40-38-35-33-31-27-25-23-20-17-14-11-8-5-2/h7-8,10-11,15-20,24-27,29-30,33-36,57H,4-6,9,12-14,21-23,28,31-32,37-56H2,1-3H3/b10-7-,11-8-,18-15-,19-16-,20-17-,26-24-,27-25-,30-29-,35-33-,36-34-.